The zero-order valence-corrected chi connectivity index (χ0v) is 12.2. The van der Waals surface area contributed by atoms with E-state index in [9.17, 15) is 9.59 Å². The first-order valence-corrected chi connectivity index (χ1v) is 7.41. The average Bonchev–Trinajstić information content (AvgIpc) is 2.44. The van der Waals surface area contributed by atoms with Crippen molar-refractivity contribution in [2.24, 2.45) is 0 Å². The van der Waals surface area contributed by atoms with E-state index in [4.69, 9.17) is 4.74 Å². The van der Waals surface area contributed by atoms with Crippen LogP contribution in [0.3, 0.4) is 0 Å². The monoisotopic (exact) mass is 294 g/mol. The number of methoxy groups -OCH3 is 1. The van der Waals surface area contributed by atoms with Crippen molar-refractivity contribution in [2.75, 3.05) is 25.6 Å². The highest BCUT2D eigenvalue weighted by Crippen LogP contribution is 2.36. The highest BCUT2D eigenvalue weighted by molar-refractivity contribution is 8.01. The molecule has 1 atom stereocenters. The van der Waals surface area contributed by atoms with Crippen molar-refractivity contribution in [3.05, 3.63) is 24.3 Å². The third-order valence-corrected chi connectivity index (χ3v) is 4.20. The summed E-state index contributed by atoms with van der Waals surface area (Å²) in [6.07, 6.45) is 0.965. The van der Waals surface area contributed by atoms with Crippen LogP contribution in [0.4, 0.5) is 5.69 Å². The van der Waals surface area contributed by atoms with Gasteiger partial charge in [0, 0.05) is 31.6 Å². The zero-order valence-electron chi connectivity index (χ0n) is 11.3. The highest BCUT2D eigenvalue weighted by Gasteiger charge is 2.28. The molecule has 2 rings (SSSR count). The van der Waals surface area contributed by atoms with E-state index in [1.165, 1.54) is 11.8 Å². The Morgan fingerprint density at radius 1 is 1.45 bits per heavy atom. The predicted octanol–water partition coefficient (Wildman–Crippen LogP) is 1.64. The Kier molecular flexibility index (Phi) is 5.43. The Morgan fingerprint density at radius 2 is 2.25 bits per heavy atom. The summed E-state index contributed by atoms with van der Waals surface area (Å²) >= 11 is 1.44. The third-order valence-electron chi connectivity index (χ3n) is 2.92. The Hall–Kier alpha value is -1.53. The van der Waals surface area contributed by atoms with Gasteiger partial charge < -0.3 is 15.4 Å². The fraction of sp³-hybridized carbons (Fsp3) is 0.429. The average molecular weight is 294 g/mol. The summed E-state index contributed by atoms with van der Waals surface area (Å²) in [6.45, 7) is 1.19. The Morgan fingerprint density at radius 3 is 3.05 bits per heavy atom. The molecule has 1 aromatic rings. The molecule has 6 heteroatoms. The van der Waals surface area contributed by atoms with Gasteiger partial charge in [0.05, 0.1) is 10.9 Å². The molecule has 0 aliphatic carbocycles. The van der Waals surface area contributed by atoms with E-state index in [1.54, 1.807) is 7.11 Å². The maximum atomic E-state index is 11.9. The van der Waals surface area contributed by atoms with Crippen molar-refractivity contribution in [1.29, 1.82) is 0 Å². The van der Waals surface area contributed by atoms with E-state index in [1.807, 2.05) is 24.3 Å². The number of ether oxygens (including phenoxy) is 1. The number of hydrogen-bond acceptors (Lipinski definition) is 4. The van der Waals surface area contributed by atoms with E-state index in [-0.39, 0.29) is 23.5 Å². The summed E-state index contributed by atoms with van der Waals surface area (Å²) < 4.78 is 4.91. The lowest BCUT2D eigenvalue weighted by Gasteiger charge is -2.23. The van der Waals surface area contributed by atoms with E-state index >= 15 is 0 Å². The molecule has 20 heavy (non-hydrogen) atoms. The molecule has 1 aliphatic rings. The van der Waals surface area contributed by atoms with E-state index in [2.05, 4.69) is 10.6 Å². The van der Waals surface area contributed by atoms with Crippen LogP contribution in [-0.4, -0.2) is 37.3 Å². The summed E-state index contributed by atoms with van der Waals surface area (Å²) in [5.41, 5.74) is 0.819. The second-order valence-electron chi connectivity index (χ2n) is 4.49. The molecular formula is C14H18N2O3S. The van der Waals surface area contributed by atoms with Crippen LogP contribution < -0.4 is 10.6 Å². The van der Waals surface area contributed by atoms with Crippen LogP contribution in [0.1, 0.15) is 12.8 Å². The summed E-state index contributed by atoms with van der Waals surface area (Å²) in [6, 6.07) is 7.61. The lowest BCUT2D eigenvalue weighted by Crippen LogP contribution is -2.35. The number of anilines is 1. The summed E-state index contributed by atoms with van der Waals surface area (Å²) in [5, 5.41) is 5.26. The van der Waals surface area contributed by atoms with Gasteiger partial charge in [-0.15, -0.1) is 11.8 Å². The first kappa shape index (κ1) is 14.9. The zero-order chi connectivity index (χ0) is 14.4. The second-order valence-corrected chi connectivity index (χ2v) is 5.74. The van der Waals surface area contributed by atoms with Crippen LogP contribution in [0.15, 0.2) is 29.2 Å². The van der Waals surface area contributed by atoms with Crippen molar-refractivity contribution < 1.29 is 14.3 Å². The standard InChI is InChI=1S/C14H18N2O3S/c1-19-8-4-7-15-13(17)9-12-14(18)16-10-5-2-3-6-11(10)20-12/h2-3,5-6,12H,4,7-9H2,1H3,(H,15,17)(H,16,18)/t12-/m1/s1. The molecular weight excluding hydrogens is 276 g/mol. The van der Waals surface area contributed by atoms with Gasteiger partial charge in [0.15, 0.2) is 0 Å². The molecule has 5 nitrogen and oxygen atoms in total. The largest absolute Gasteiger partial charge is 0.385 e. The van der Waals surface area contributed by atoms with Crippen LogP contribution in [0.2, 0.25) is 0 Å². The van der Waals surface area contributed by atoms with Crippen LogP contribution in [0.25, 0.3) is 0 Å². The fourth-order valence-corrected chi connectivity index (χ4v) is 3.02. The summed E-state index contributed by atoms with van der Waals surface area (Å²) in [7, 11) is 1.63. The minimum Gasteiger partial charge on any atom is -0.385 e. The van der Waals surface area contributed by atoms with Gasteiger partial charge in [-0.2, -0.15) is 0 Å². The highest BCUT2D eigenvalue weighted by atomic mass is 32.2. The number of carbonyl (C=O) groups is 2. The van der Waals surface area contributed by atoms with Crippen molar-refractivity contribution in [1.82, 2.24) is 5.32 Å². The second kappa shape index (κ2) is 7.31. The molecule has 1 aromatic carbocycles. The van der Waals surface area contributed by atoms with Crippen LogP contribution in [-0.2, 0) is 14.3 Å². The van der Waals surface area contributed by atoms with Crippen molar-refractivity contribution in [3.8, 4) is 0 Å². The maximum absolute atomic E-state index is 11.9. The van der Waals surface area contributed by atoms with Gasteiger partial charge in [-0.05, 0) is 18.6 Å². The van der Waals surface area contributed by atoms with E-state index in [0.29, 0.717) is 13.2 Å². The first-order valence-electron chi connectivity index (χ1n) is 6.53. The lowest BCUT2D eigenvalue weighted by molar-refractivity contribution is -0.124. The SMILES string of the molecule is COCCCNC(=O)C[C@H]1Sc2ccccc2NC1=O. The summed E-state index contributed by atoms with van der Waals surface area (Å²) in [5.74, 6) is -0.214. The van der Waals surface area contributed by atoms with Crippen molar-refractivity contribution >= 4 is 29.3 Å². The molecule has 2 amide bonds. The minimum atomic E-state index is -0.368. The molecule has 108 valence electrons. The summed E-state index contributed by atoms with van der Waals surface area (Å²) in [4.78, 5) is 24.7. The van der Waals surface area contributed by atoms with E-state index in [0.717, 1.165) is 17.0 Å². The van der Waals surface area contributed by atoms with Gasteiger partial charge in [0.1, 0.15) is 0 Å². The van der Waals surface area contributed by atoms with Gasteiger partial charge in [-0.25, -0.2) is 0 Å². The molecule has 1 aliphatic heterocycles. The molecule has 0 unspecified atom stereocenters. The third kappa shape index (κ3) is 3.98. The lowest BCUT2D eigenvalue weighted by atomic mass is 10.2. The van der Waals surface area contributed by atoms with Gasteiger partial charge in [0.2, 0.25) is 11.8 Å². The number of nitrogens with one attached hydrogen (secondary N) is 2. The Labute approximate surface area is 122 Å². The number of amides is 2. The van der Waals surface area contributed by atoms with Crippen molar-refractivity contribution in [3.63, 3.8) is 0 Å². The Bertz CT molecular complexity index is 493. The fourth-order valence-electron chi connectivity index (χ4n) is 1.91. The molecule has 1 heterocycles. The van der Waals surface area contributed by atoms with Gasteiger partial charge >= 0.3 is 0 Å². The smallest absolute Gasteiger partial charge is 0.238 e. The van der Waals surface area contributed by atoms with E-state index < -0.39 is 0 Å². The Balaban J connectivity index is 1.84. The van der Waals surface area contributed by atoms with Gasteiger partial charge in [-0.1, -0.05) is 12.1 Å². The van der Waals surface area contributed by atoms with Gasteiger partial charge in [0.25, 0.3) is 0 Å². The maximum Gasteiger partial charge on any atom is 0.238 e. The topological polar surface area (TPSA) is 67.4 Å². The number of para-hydroxylation sites is 1. The number of carbonyl (C=O) groups excluding carboxylic acids is 2. The van der Waals surface area contributed by atoms with Crippen LogP contribution in [0, 0.1) is 0 Å². The number of rotatable bonds is 6. The van der Waals surface area contributed by atoms with Crippen LogP contribution in [0.5, 0.6) is 0 Å². The predicted molar refractivity (Wildman–Crippen MR) is 78.8 cm³/mol. The molecule has 0 bridgehead atoms. The number of hydrogen-bond donors (Lipinski definition) is 2. The number of fused-ring (bicyclic) bond motifs is 1. The van der Waals surface area contributed by atoms with Gasteiger partial charge in [-0.3, -0.25) is 9.59 Å². The number of benzene rings is 1. The normalized spacial score (nSPS) is 17.2. The first-order chi connectivity index (χ1) is 9.70. The van der Waals surface area contributed by atoms with Crippen LogP contribution >= 0.6 is 11.8 Å². The molecule has 0 saturated heterocycles. The minimum absolute atomic E-state index is 0.104. The molecule has 0 saturated carbocycles. The van der Waals surface area contributed by atoms with Crippen molar-refractivity contribution in [2.45, 2.75) is 23.0 Å². The molecule has 0 fully saturated rings. The number of thioether (sulfide) groups is 1. The quantitative estimate of drug-likeness (QED) is 0.783. The molecule has 2 N–H and O–H groups in total. The molecule has 0 aromatic heterocycles. The molecule has 0 radical (unpaired) electrons. The molecule has 0 spiro atoms.